The van der Waals surface area contributed by atoms with E-state index in [1.807, 2.05) is 61.5 Å². The van der Waals surface area contributed by atoms with Crippen molar-refractivity contribution in [2.75, 3.05) is 13.1 Å². The van der Waals surface area contributed by atoms with Crippen molar-refractivity contribution in [2.24, 2.45) is 5.92 Å². The maximum atomic E-state index is 13.2. The molecule has 0 saturated carbocycles. The van der Waals surface area contributed by atoms with E-state index in [9.17, 15) is 13.2 Å². The summed E-state index contributed by atoms with van der Waals surface area (Å²) in [5.41, 5.74) is 3.56. The highest BCUT2D eigenvalue weighted by Gasteiger charge is 2.33. The number of piperidine rings is 1. The SMILES string of the molecule is Cc1ccc(C(NC(=O)C2CCN(S(=O)(=O)Cc3c(Cl)cccc3Cl)CC2)c2ccccc2)cc1. The molecule has 3 aromatic rings. The van der Waals surface area contributed by atoms with Gasteiger partial charge in [0.05, 0.1) is 11.8 Å². The number of hydrogen-bond donors (Lipinski definition) is 1. The molecule has 4 rings (SSSR count). The van der Waals surface area contributed by atoms with Gasteiger partial charge in [-0.25, -0.2) is 12.7 Å². The molecule has 1 saturated heterocycles. The van der Waals surface area contributed by atoms with Crippen molar-refractivity contribution >= 4 is 39.1 Å². The molecule has 1 aliphatic heterocycles. The Balaban J connectivity index is 1.43. The largest absolute Gasteiger partial charge is 0.345 e. The van der Waals surface area contributed by atoms with Gasteiger partial charge < -0.3 is 5.32 Å². The van der Waals surface area contributed by atoms with E-state index >= 15 is 0 Å². The first-order chi connectivity index (χ1) is 16.7. The highest BCUT2D eigenvalue weighted by Crippen LogP contribution is 2.30. The number of halogens is 2. The molecule has 1 aliphatic rings. The summed E-state index contributed by atoms with van der Waals surface area (Å²) < 4.78 is 27.5. The van der Waals surface area contributed by atoms with E-state index in [0.29, 0.717) is 28.5 Å². The maximum Gasteiger partial charge on any atom is 0.223 e. The monoisotopic (exact) mass is 530 g/mol. The zero-order chi connectivity index (χ0) is 25.0. The molecule has 0 radical (unpaired) electrons. The summed E-state index contributed by atoms with van der Waals surface area (Å²) in [5, 5.41) is 3.87. The highest BCUT2D eigenvalue weighted by atomic mass is 35.5. The molecule has 0 aliphatic carbocycles. The van der Waals surface area contributed by atoms with Gasteiger partial charge in [0.1, 0.15) is 0 Å². The average molecular weight is 532 g/mol. The molecule has 1 amide bonds. The molecule has 1 N–H and O–H groups in total. The van der Waals surface area contributed by atoms with Gasteiger partial charge in [0.2, 0.25) is 15.9 Å². The molecular weight excluding hydrogens is 503 g/mol. The number of rotatable bonds is 7. The molecular formula is C27H28Cl2N2O3S. The Kier molecular flexibility index (Phi) is 8.17. The molecule has 8 heteroatoms. The number of nitrogens with one attached hydrogen (secondary N) is 1. The summed E-state index contributed by atoms with van der Waals surface area (Å²) in [6.45, 7) is 2.59. The van der Waals surface area contributed by atoms with Gasteiger partial charge in [-0.15, -0.1) is 0 Å². The van der Waals surface area contributed by atoms with Crippen LogP contribution in [-0.2, 0) is 20.6 Å². The summed E-state index contributed by atoms with van der Waals surface area (Å²) in [6, 6.07) is 22.7. The lowest BCUT2D eigenvalue weighted by Crippen LogP contribution is -2.44. The third kappa shape index (κ3) is 6.25. The van der Waals surface area contributed by atoms with E-state index in [0.717, 1.165) is 16.7 Å². The van der Waals surface area contributed by atoms with Crippen molar-refractivity contribution in [3.05, 3.63) is 105 Å². The topological polar surface area (TPSA) is 66.5 Å². The molecule has 0 bridgehead atoms. The molecule has 5 nitrogen and oxygen atoms in total. The Hall–Kier alpha value is -2.38. The number of amides is 1. The molecule has 35 heavy (non-hydrogen) atoms. The van der Waals surface area contributed by atoms with Crippen LogP contribution in [0.4, 0.5) is 0 Å². The Morgan fingerprint density at radius 3 is 2.09 bits per heavy atom. The third-order valence-corrected chi connectivity index (χ3v) is 8.95. The molecule has 1 unspecified atom stereocenters. The van der Waals surface area contributed by atoms with E-state index in [4.69, 9.17) is 23.2 Å². The number of benzene rings is 3. The summed E-state index contributed by atoms with van der Waals surface area (Å²) in [7, 11) is -3.61. The number of nitrogens with zero attached hydrogens (tertiary/aromatic N) is 1. The zero-order valence-corrected chi connectivity index (χ0v) is 21.8. The number of hydrogen-bond acceptors (Lipinski definition) is 3. The molecule has 1 atom stereocenters. The standard InChI is InChI=1S/C27H28Cl2N2O3S/c1-19-10-12-21(13-11-19)26(20-6-3-2-4-7-20)30-27(32)22-14-16-31(17-15-22)35(33,34)18-23-24(28)8-5-9-25(23)29/h2-13,22,26H,14-18H2,1H3,(H,30,32). The van der Waals surface area contributed by atoms with Gasteiger partial charge in [-0.2, -0.15) is 0 Å². The Morgan fingerprint density at radius 2 is 1.49 bits per heavy atom. The van der Waals surface area contributed by atoms with Gasteiger partial charge in [0.25, 0.3) is 0 Å². The van der Waals surface area contributed by atoms with E-state index < -0.39 is 10.0 Å². The zero-order valence-electron chi connectivity index (χ0n) is 19.5. The van der Waals surface area contributed by atoms with Crippen molar-refractivity contribution in [2.45, 2.75) is 31.6 Å². The fourth-order valence-electron chi connectivity index (χ4n) is 4.36. The lowest BCUT2D eigenvalue weighted by atomic mass is 9.94. The van der Waals surface area contributed by atoms with Crippen LogP contribution >= 0.6 is 23.2 Å². The predicted octanol–water partition coefficient (Wildman–Crippen LogP) is 5.75. The quantitative estimate of drug-likeness (QED) is 0.422. The molecule has 3 aromatic carbocycles. The summed E-state index contributed by atoms with van der Waals surface area (Å²) in [4.78, 5) is 13.2. The van der Waals surface area contributed by atoms with E-state index in [1.165, 1.54) is 4.31 Å². The van der Waals surface area contributed by atoms with Crippen LogP contribution in [0, 0.1) is 12.8 Å². The van der Waals surface area contributed by atoms with E-state index in [2.05, 4.69) is 5.32 Å². The summed E-state index contributed by atoms with van der Waals surface area (Å²) >= 11 is 12.4. The predicted molar refractivity (Wildman–Crippen MR) is 141 cm³/mol. The van der Waals surface area contributed by atoms with Crippen molar-refractivity contribution in [1.29, 1.82) is 0 Å². The lowest BCUT2D eigenvalue weighted by molar-refractivity contribution is -0.126. The van der Waals surface area contributed by atoms with Crippen LogP contribution in [-0.4, -0.2) is 31.7 Å². The van der Waals surface area contributed by atoms with Gasteiger partial charge >= 0.3 is 0 Å². The second kappa shape index (κ2) is 11.1. The maximum absolute atomic E-state index is 13.2. The van der Waals surface area contributed by atoms with Crippen molar-refractivity contribution in [3.8, 4) is 0 Å². The normalized spacial score (nSPS) is 16.1. The Morgan fingerprint density at radius 1 is 0.914 bits per heavy atom. The van der Waals surface area contributed by atoms with Crippen LogP contribution in [0.1, 0.15) is 41.1 Å². The minimum atomic E-state index is -3.61. The van der Waals surface area contributed by atoms with Gasteiger partial charge in [0, 0.05) is 34.6 Å². The first-order valence-corrected chi connectivity index (χ1v) is 13.9. The smallest absolute Gasteiger partial charge is 0.223 e. The Labute approximate surface area is 217 Å². The summed E-state index contributed by atoms with van der Waals surface area (Å²) in [6.07, 6.45) is 0.910. The number of sulfonamides is 1. The van der Waals surface area contributed by atoms with Crippen LogP contribution in [0.3, 0.4) is 0 Å². The number of aryl methyl sites for hydroxylation is 1. The molecule has 184 valence electrons. The third-order valence-electron chi connectivity index (χ3n) is 6.44. The van der Waals surface area contributed by atoms with Gasteiger partial charge in [-0.05, 0) is 43.0 Å². The molecule has 0 spiro atoms. The molecule has 1 fully saturated rings. The van der Waals surface area contributed by atoms with Crippen molar-refractivity contribution in [3.63, 3.8) is 0 Å². The van der Waals surface area contributed by atoms with Gasteiger partial charge in [-0.3, -0.25) is 4.79 Å². The van der Waals surface area contributed by atoms with Crippen LogP contribution in [0.2, 0.25) is 10.0 Å². The second-order valence-electron chi connectivity index (χ2n) is 8.89. The number of carbonyl (C=O) groups excluding carboxylic acids is 1. The first-order valence-electron chi connectivity index (χ1n) is 11.6. The van der Waals surface area contributed by atoms with E-state index in [1.54, 1.807) is 18.2 Å². The first kappa shape index (κ1) is 25.7. The fraction of sp³-hybridized carbons (Fsp3) is 0.296. The van der Waals surface area contributed by atoms with Crippen molar-refractivity contribution in [1.82, 2.24) is 9.62 Å². The Bertz CT molecular complexity index is 1250. The van der Waals surface area contributed by atoms with Crippen molar-refractivity contribution < 1.29 is 13.2 Å². The summed E-state index contributed by atoms with van der Waals surface area (Å²) in [5.74, 6) is -0.584. The fourth-order valence-corrected chi connectivity index (χ4v) is 6.68. The molecule has 0 aromatic heterocycles. The number of carbonyl (C=O) groups is 1. The van der Waals surface area contributed by atoms with Crippen LogP contribution < -0.4 is 5.32 Å². The van der Waals surface area contributed by atoms with Crippen LogP contribution in [0.25, 0.3) is 0 Å². The van der Waals surface area contributed by atoms with Gasteiger partial charge in [-0.1, -0.05) is 89.4 Å². The lowest BCUT2D eigenvalue weighted by Gasteiger charge is -2.32. The van der Waals surface area contributed by atoms with E-state index in [-0.39, 0.29) is 36.7 Å². The van der Waals surface area contributed by atoms with Crippen LogP contribution in [0.5, 0.6) is 0 Å². The van der Waals surface area contributed by atoms with Crippen LogP contribution in [0.15, 0.2) is 72.8 Å². The average Bonchev–Trinajstić information content (AvgIpc) is 2.86. The minimum Gasteiger partial charge on any atom is -0.345 e. The second-order valence-corrected chi connectivity index (χ2v) is 11.7. The van der Waals surface area contributed by atoms with Gasteiger partial charge in [0.15, 0.2) is 0 Å². The highest BCUT2D eigenvalue weighted by molar-refractivity contribution is 7.88. The minimum absolute atomic E-state index is 0.0642. The molecule has 1 heterocycles.